The van der Waals surface area contributed by atoms with Gasteiger partial charge in [0.2, 0.25) is 0 Å². The van der Waals surface area contributed by atoms with Gasteiger partial charge in [-0.05, 0) is 42.3 Å². The van der Waals surface area contributed by atoms with Crippen molar-refractivity contribution in [3.8, 4) is 0 Å². The molecule has 0 aliphatic carbocycles. The molecule has 0 fully saturated rings. The van der Waals surface area contributed by atoms with Crippen LogP contribution < -0.4 is 15.5 Å². The van der Waals surface area contributed by atoms with Crippen LogP contribution in [0, 0.1) is 0 Å². The van der Waals surface area contributed by atoms with Gasteiger partial charge in [0.15, 0.2) is 0 Å². The Morgan fingerprint density at radius 2 is 1.86 bits per heavy atom. The predicted molar refractivity (Wildman–Crippen MR) is 92.9 cm³/mol. The van der Waals surface area contributed by atoms with Crippen molar-refractivity contribution in [2.75, 3.05) is 30.9 Å². The van der Waals surface area contributed by atoms with Gasteiger partial charge in [0.1, 0.15) is 0 Å². The number of carbonyl (C=O) groups excluding carboxylic acids is 1. The molecule has 2 N–H and O–H groups in total. The summed E-state index contributed by atoms with van der Waals surface area (Å²) in [6, 6.07) is 15.1. The predicted octanol–water partition coefficient (Wildman–Crippen LogP) is 3.77. The molecule has 0 saturated carbocycles. The maximum absolute atomic E-state index is 11.9. The van der Waals surface area contributed by atoms with E-state index in [2.05, 4.69) is 10.6 Å². The van der Waals surface area contributed by atoms with Crippen LogP contribution in [0.25, 0.3) is 0 Å². The lowest BCUT2D eigenvalue weighted by Crippen LogP contribution is -2.30. The highest BCUT2D eigenvalue weighted by molar-refractivity contribution is 6.30. The lowest BCUT2D eigenvalue weighted by atomic mass is 10.1. The summed E-state index contributed by atoms with van der Waals surface area (Å²) in [7, 11) is 3.93. The van der Waals surface area contributed by atoms with Gasteiger partial charge in [-0.3, -0.25) is 0 Å². The smallest absolute Gasteiger partial charge is 0.319 e. The third-order valence-corrected chi connectivity index (χ3v) is 3.48. The SMILES string of the molecule is CN(C)c1cccc(NC(=O)NCCc2ccc(Cl)cc2)c1. The average molecular weight is 318 g/mol. The maximum Gasteiger partial charge on any atom is 0.319 e. The van der Waals surface area contributed by atoms with E-state index in [0.29, 0.717) is 6.54 Å². The molecule has 0 saturated heterocycles. The Morgan fingerprint density at radius 3 is 2.55 bits per heavy atom. The second kappa shape index (κ2) is 7.71. The molecule has 2 amide bonds. The average Bonchev–Trinajstić information content (AvgIpc) is 2.49. The summed E-state index contributed by atoms with van der Waals surface area (Å²) in [6.45, 7) is 0.570. The number of hydrogen-bond donors (Lipinski definition) is 2. The Bertz CT molecular complexity index is 626. The van der Waals surface area contributed by atoms with E-state index in [1.165, 1.54) is 0 Å². The topological polar surface area (TPSA) is 44.4 Å². The van der Waals surface area contributed by atoms with E-state index in [1.54, 1.807) is 0 Å². The number of amides is 2. The third kappa shape index (κ3) is 4.97. The van der Waals surface area contributed by atoms with Gasteiger partial charge in [0, 0.05) is 37.0 Å². The first-order valence-electron chi connectivity index (χ1n) is 7.11. The first-order valence-corrected chi connectivity index (χ1v) is 7.49. The molecule has 0 unspecified atom stereocenters. The fourth-order valence-corrected chi connectivity index (χ4v) is 2.13. The second-order valence-electron chi connectivity index (χ2n) is 5.20. The molecule has 22 heavy (non-hydrogen) atoms. The molecule has 2 aromatic carbocycles. The Labute approximate surface area is 136 Å². The van der Waals surface area contributed by atoms with Gasteiger partial charge < -0.3 is 15.5 Å². The van der Waals surface area contributed by atoms with E-state index in [-0.39, 0.29) is 6.03 Å². The number of carbonyl (C=O) groups is 1. The van der Waals surface area contributed by atoms with E-state index < -0.39 is 0 Å². The van der Waals surface area contributed by atoms with E-state index in [0.717, 1.165) is 28.4 Å². The zero-order chi connectivity index (χ0) is 15.9. The number of halogens is 1. The fraction of sp³-hybridized carbons (Fsp3) is 0.235. The van der Waals surface area contributed by atoms with Crippen molar-refractivity contribution in [1.82, 2.24) is 5.32 Å². The van der Waals surface area contributed by atoms with Crippen LogP contribution in [0.15, 0.2) is 48.5 Å². The third-order valence-electron chi connectivity index (χ3n) is 3.23. The number of benzene rings is 2. The minimum absolute atomic E-state index is 0.204. The summed E-state index contributed by atoms with van der Waals surface area (Å²) >= 11 is 5.84. The molecule has 0 aliphatic rings. The summed E-state index contributed by atoms with van der Waals surface area (Å²) in [6.07, 6.45) is 0.766. The zero-order valence-corrected chi connectivity index (χ0v) is 13.5. The summed E-state index contributed by atoms with van der Waals surface area (Å²) in [5, 5.41) is 6.40. The molecule has 0 bridgehead atoms. The fourth-order valence-electron chi connectivity index (χ4n) is 2.01. The molecule has 0 heterocycles. The number of rotatable bonds is 5. The first kappa shape index (κ1) is 16.2. The van der Waals surface area contributed by atoms with Crippen LogP contribution in [0.1, 0.15) is 5.56 Å². The summed E-state index contributed by atoms with van der Waals surface area (Å²) in [4.78, 5) is 13.9. The Morgan fingerprint density at radius 1 is 1.14 bits per heavy atom. The van der Waals surface area contributed by atoms with Crippen molar-refractivity contribution in [1.29, 1.82) is 0 Å². The molecule has 0 aliphatic heterocycles. The molecule has 0 spiro atoms. The molecule has 0 atom stereocenters. The van der Waals surface area contributed by atoms with Crippen molar-refractivity contribution < 1.29 is 4.79 Å². The van der Waals surface area contributed by atoms with Crippen LogP contribution in [0.4, 0.5) is 16.2 Å². The van der Waals surface area contributed by atoms with Crippen LogP contribution in [0.2, 0.25) is 5.02 Å². The molecular weight excluding hydrogens is 298 g/mol. The minimum Gasteiger partial charge on any atom is -0.378 e. The monoisotopic (exact) mass is 317 g/mol. The molecule has 5 heteroatoms. The summed E-state index contributed by atoms with van der Waals surface area (Å²) < 4.78 is 0. The molecular formula is C17H20ClN3O. The maximum atomic E-state index is 11.9. The van der Waals surface area contributed by atoms with Gasteiger partial charge in [-0.25, -0.2) is 4.79 Å². The Balaban J connectivity index is 1.80. The highest BCUT2D eigenvalue weighted by Gasteiger charge is 2.03. The van der Waals surface area contributed by atoms with Crippen molar-refractivity contribution >= 4 is 29.0 Å². The van der Waals surface area contributed by atoms with Gasteiger partial charge in [0.25, 0.3) is 0 Å². The minimum atomic E-state index is -0.204. The van der Waals surface area contributed by atoms with Gasteiger partial charge in [-0.15, -0.1) is 0 Å². The van der Waals surface area contributed by atoms with Crippen LogP contribution in [-0.4, -0.2) is 26.7 Å². The van der Waals surface area contributed by atoms with Crippen molar-refractivity contribution in [2.24, 2.45) is 0 Å². The van der Waals surface area contributed by atoms with Crippen LogP contribution >= 0.6 is 11.6 Å². The van der Waals surface area contributed by atoms with Crippen molar-refractivity contribution in [2.45, 2.75) is 6.42 Å². The standard InChI is InChI=1S/C17H20ClN3O/c1-21(2)16-5-3-4-15(12-16)20-17(22)19-11-10-13-6-8-14(18)9-7-13/h3-9,12H,10-11H2,1-2H3,(H2,19,20,22). The zero-order valence-electron chi connectivity index (χ0n) is 12.8. The Hall–Kier alpha value is -2.20. The lowest BCUT2D eigenvalue weighted by molar-refractivity contribution is 0.252. The first-order chi connectivity index (χ1) is 10.5. The van der Waals surface area contributed by atoms with Gasteiger partial charge in [-0.2, -0.15) is 0 Å². The number of anilines is 2. The summed E-state index contributed by atoms with van der Waals surface area (Å²) in [5.41, 5.74) is 2.95. The molecule has 2 aromatic rings. The van der Waals surface area contributed by atoms with E-state index in [1.807, 2.05) is 67.5 Å². The highest BCUT2D eigenvalue weighted by atomic mass is 35.5. The molecule has 4 nitrogen and oxygen atoms in total. The largest absolute Gasteiger partial charge is 0.378 e. The van der Waals surface area contributed by atoms with Crippen molar-refractivity contribution in [3.63, 3.8) is 0 Å². The van der Waals surface area contributed by atoms with E-state index in [9.17, 15) is 4.79 Å². The molecule has 0 aromatic heterocycles. The van der Waals surface area contributed by atoms with Crippen LogP contribution in [0.5, 0.6) is 0 Å². The van der Waals surface area contributed by atoms with E-state index >= 15 is 0 Å². The summed E-state index contributed by atoms with van der Waals surface area (Å²) in [5.74, 6) is 0. The number of hydrogen-bond acceptors (Lipinski definition) is 2. The lowest BCUT2D eigenvalue weighted by Gasteiger charge is -2.14. The van der Waals surface area contributed by atoms with E-state index in [4.69, 9.17) is 11.6 Å². The number of nitrogens with zero attached hydrogens (tertiary/aromatic N) is 1. The van der Waals surface area contributed by atoms with Crippen LogP contribution in [0.3, 0.4) is 0 Å². The van der Waals surface area contributed by atoms with Crippen molar-refractivity contribution in [3.05, 3.63) is 59.1 Å². The highest BCUT2D eigenvalue weighted by Crippen LogP contribution is 2.17. The molecule has 116 valence electrons. The van der Waals surface area contributed by atoms with Gasteiger partial charge in [0.05, 0.1) is 0 Å². The molecule has 0 radical (unpaired) electrons. The number of nitrogens with one attached hydrogen (secondary N) is 2. The van der Waals surface area contributed by atoms with Gasteiger partial charge in [-0.1, -0.05) is 29.8 Å². The second-order valence-corrected chi connectivity index (χ2v) is 5.64. The van der Waals surface area contributed by atoms with Crippen LogP contribution in [-0.2, 0) is 6.42 Å². The molecule has 2 rings (SSSR count). The Kier molecular flexibility index (Phi) is 5.67. The number of urea groups is 1. The quantitative estimate of drug-likeness (QED) is 0.881. The normalized spacial score (nSPS) is 10.1. The van der Waals surface area contributed by atoms with Gasteiger partial charge >= 0.3 is 6.03 Å².